The van der Waals surface area contributed by atoms with Crippen LogP contribution in [0, 0.1) is 0 Å². The van der Waals surface area contributed by atoms with Crippen molar-refractivity contribution in [2.24, 2.45) is 34.4 Å². The molecule has 3 aromatic rings. The van der Waals surface area contributed by atoms with Crippen molar-refractivity contribution in [1.29, 1.82) is 0 Å². The van der Waals surface area contributed by atoms with E-state index in [1.165, 1.54) is 6.92 Å². The average molecular weight is 934 g/mol. The molecule has 0 fully saturated rings. The van der Waals surface area contributed by atoms with Crippen molar-refractivity contribution in [2.75, 3.05) is 26.2 Å². The first-order chi connectivity index (χ1) is 32.1. The van der Waals surface area contributed by atoms with Crippen molar-refractivity contribution in [3.05, 3.63) is 71.9 Å². The number of rotatable bonds is 32. The van der Waals surface area contributed by atoms with Gasteiger partial charge in [0.15, 0.2) is 5.78 Å². The van der Waals surface area contributed by atoms with E-state index in [1.54, 1.807) is 36.5 Å². The van der Waals surface area contributed by atoms with E-state index in [0.29, 0.717) is 37.9 Å². The highest BCUT2D eigenvalue weighted by Crippen LogP contribution is 2.20. The maximum atomic E-state index is 14.4. The normalized spacial score (nSPS) is 14.3. The summed E-state index contributed by atoms with van der Waals surface area (Å²) < 4.78 is 0. The van der Waals surface area contributed by atoms with Crippen LogP contribution in [0.4, 0.5) is 0 Å². The molecule has 7 atom stereocenters. The van der Waals surface area contributed by atoms with E-state index in [9.17, 15) is 38.4 Å². The number of benzene rings is 2. The minimum atomic E-state index is -1.31. The van der Waals surface area contributed by atoms with Gasteiger partial charge in [0.25, 0.3) is 0 Å². The molecule has 7 amide bonds. The quantitative estimate of drug-likeness (QED) is 0.0323. The number of hydrogen-bond donors (Lipinski definition) is 13. The van der Waals surface area contributed by atoms with Crippen LogP contribution in [-0.2, 0) is 51.2 Å². The van der Waals surface area contributed by atoms with Crippen LogP contribution in [-0.4, -0.2) is 121 Å². The molecule has 0 unspecified atom stereocenters. The fraction of sp³-hybridized carbons (Fsp3) is 0.522. The molecule has 1 heterocycles. The number of amides is 7. The van der Waals surface area contributed by atoms with Gasteiger partial charge < -0.3 is 71.3 Å². The highest BCUT2D eigenvalue weighted by atomic mass is 16.2. The van der Waals surface area contributed by atoms with Crippen LogP contribution in [0.2, 0.25) is 0 Å². The van der Waals surface area contributed by atoms with Crippen molar-refractivity contribution < 1.29 is 38.4 Å². The maximum Gasteiger partial charge on any atom is 0.243 e. The van der Waals surface area contributed by atoms with Gasteiger partial charge in [-0.05, 0) is 108 Å². The molecule has 21 nitrogen and oxygen atoms in total. The van der Waals surface area contributed by atoms with E-state index in [0.717, 1.165) is 16.5 Å². The fourth-order valence-corrected chi connectivity index (χ4v) is 7.33. The van der Waals surface area contributed by atoms with Crippen molar-refractivity contribution in [2.45, 2.75) is 126 Å². The number of ketones is 1. The molecule has 67 heavy (non-hydrogen) atoms. The Morgan fingerprint density at radius 2 is 0.925 bits per heavy atom. The molecular weight excluding hydrogens is 863 g/mol. The molecular formula is C46H71N13O8. The number of hydrogen-bond acceptors (Lipinski definition) is 13. The number of carbonyl (C=O) groups is 8. The van der Waals surface area contributed by atoms with Gasteiger partial charge in [0.1, 0.15) is 30.2 Å². The monoisotopic (exact) mass is 934 g/mol. The first-order valence-electron chi connectivity index (χ1n) is 22.9. The SMILES string of the molecule is CC(=O)[C@H](CCCN)NC(=O)[C@@H](Cc1c[nH]c2ccccc12)NC(=O)[C@H](CCCN)NC(=O)[C@@H](Cc1ccccc1)NC(=O)[C@H](CCCN)NC(=O)[C@@H](CCC(N)=O)NC(=O)[C@@H](N)CCCN. The zero-order valence-electron chi connectivity index (χ0n) is 38.4. The smallest absolute Gasteiger partial charge is 0.243 e. The Kier molecular flexibility index (Phi) is 24.2. The zero-order valence-corrected chi connectivity index (χ0v) is 38.4. The standard InChI is InChI=1S/C46H71N13O8/c1-28(60)33(16-8-22-48)54-46(67)39(26-30-27-53-34-15-6-5-13-31(30)34)59-43(64)36(18-10-24-50)57-45(66)38(25-29-11-3-2-4-12-29)58-42(63)35(17-9-23-49)56-44(65)37(19-20-40(52)61)55-41(62)32(51)14-7-21-47/h2-6,11-13,15,27,32-33,35-39,53H,7-10,14,16-26,47-51H2,1H3,(H2,52,61)(H,54,67)(H,55,62)(H,56,65)(H,57,66)(H,58,63)(H,59,64)/t32-,33-,35-,36-,37+,38+,39+/m0/s1. The summed E-state index contributed by atoms with van der Waals surface area (Å²) >= 11 is 0. The van der Waals surface area contributed by atoms with Crippen molar-refractivity contribution in [3.8, 4) is 0 Å². The van der Waals surface area contributed by atoms with Gasteiger partial charge in [-0.15, -0.1) is 0 Å². The number of primary amides is 1. The lowest BCUT2D eigenvalue weighted by Gasteiger charge is -2.28. The molecule has 1 aromatic heterocycles. The Balaban J connectivity index is 1.93. The Bertz CT molecular complexity index is 2080. The maximum absolute atomic E-state index is 14.4. The average Bonchev–Trinajstić information content (AvgIpc) is 3.72. The van der Waals surface area contributed by atoms with Crippen molar-refractivity contribution in [1.82, 2.24) is 36.9 Å². The summed E-state index contributed by atoms with van der Waals surface area (Å²) in [6, 6.07) is 8.04. The summed E-state index contributed by atoms with van der Waals surface area (Å²) in [5.74, 6) is -5.34. The first-order valence-corrected chi connectivity index (χ1v) is 22.9. The van der Waals surface area contributed by atoms with Crippen LogP contribution in [0.25, 0.3) is 10.9 Å². The van der Waals surface area contributed by atoms with E-state index < -0.39 is 83.6 Å². The minimum Gasteiger partial charge on any atom is -0.370 e. The van der Waals surface area contributed by atoms with E-state index in [1.807, 2.05) is 24.3 Å². The van der Waals surface area contributed by atoms with Gasteiger partial charge in [0, 0.05) is 36.4 Å². The van der Waals surface area contributed by atoms with Gasteiger partial charge in [-0.2, -0.15) is 0 Å². The van der Waals surface area contributed by atoms with Gasteiger partial charge in [-0.3, -0.25) is 38.4 Å². The topological polar surface area (TPSA) is 381 Å². The number of nitrogens with one attached hydrogen (secondary N) is 7. The van der Waals surface area contributed by atoms with Crippen LogP contribution in [0.3, 0.4) is 0 Å². The number of para-hydroxylation sites is 1. The highest BCUT2D eigenvalue weighted by molar-refractivity contribution is 5.98. The van der Waals surface area contributed by atoms with Crippen molar-refractivity contribution in [3.63, 3.8) is 0 Å². The van der Waals surface area contributed by atoms with Gasteiger partial charge in [-0.1, -0.05) is 48.5 Å². The minimum absolute atomic E-state index is 0.0252. The highest BCUT2D eigenvalue weighted by Gasteiger charge is 2.34. The van der Waals surface area contributed by atoms with E-state index >= 15 is 0 Å². The molecule has 0 radical (unpaired) electrons. The number of aromatic nitrogens is 1. The van der Waals surface area contributed by atoms with E-state index in [4.69, 9.17) is 34.4 Å². The number of aromatic amines is 1. The fourth-order valence-electron chi connectivity index (χ4n) is 7.33. The number of carbonyl (C=O) groups excluding carboxylic acids is 8. The molecule has 368 valence electrons. The molecule has 3 rings (SSSR count). The van der Waals surface area contributed by atoms with Crippen molar-refractivity contribution >= 4 is 58.0 Å². The predicted molar refractivity (Wildman–Crippen MR) is 254 cm³/mol. The van der Waals surface area contributed by atoms with Gasteiger partial charge >= 0.3 is 0 Å². The first kappa shape index (κ1) is 55.1. The van der Waals surface area contributed by atoms with Crippen LogP contribution < -0.4 is 66.3 Å². The Hall–Kier alpha value is -6.26. The van der Waals surface area contributed by atoms with Gasteiger partial charge in [0.2, 0.25) is 41.4 Å². The molecule has 0 aliphatic heterocycles. The molecule has 0 saturated heterocycles. The molecule has 21 heteroatoms. The summed E-state index contributed by atoms with van der Waals surface area (Å²) in [5.41, 5.74) is 36.5. The lowest BCUT2D eigenvalue weighted by molar-refractivity contribution is -0.135. The largest absolute Gasteiger partial charge is 0.370 e. The number of fused-ring (bicyclic) bond motifs is 1. The van der Waals surface area contributed by atoms with E-state index in [-0.39, 0.29) is 76.7 Å². The predicted octanol–water partition coefficient (Wildman–Crippen LogP) is -2.00. The molecule has 0 aliphatic carbocycles. The summed E-state index contributed by atoms with van der Waals surface area (Å²) in [6.07, 6.45) is 3.36. The summed E-state index contributed by atoms with van der Waals surface area (Å²) in [7, 11) is 0. The van der Waals surface area contributed by atoms with Crippen LogP contribution in [0.15, 0.2) is 60.8 Å². The Morgan fingerprint density at radius 3 is 1.45 bits per heavy atom. The summed E-state index contributed by atoms with van der Waals surface area (Å²) in [6.45, 7) is 2.26. The molecule has 2 aromatic carbocycles. The zero-order chi connectivity index (χ0) is 49.3. The third-order valence-corrected chi connectivity index (χ3v) is 11.2. The van der Waals surface area contributed by atoms with Crippen LogP contribution >= 0.6 is 0 Å². The van der Waals surface area contributed by atoms with Crippen LogP contribution in [0.5, 0.6) is 0 Å². The second kappa shape index (κ2) is 29.4. The third kappa shape index (κ3) is 18.9. The number of Topliss-reactive ketones (excluding diaryl/α,β-unsaturated/α-hetero) is 1. The molecule has 0 aliphatic rings. The van der Waals surface area contributed by atoms with Crippen LogP contribution in [0.1, 0.15) is 82.3 Å². The third-order valence-electron chi connectivity index (χ3n) is 11.2. The number of H-pyrrole nitrogens is 1. The summed E-state index contributed by atoms with van der Waals surface area (Å²) in [4.78, 5) is 111. The molecule has 19 N–H and O–H groups in total. The lowest BCUT2D eigenvalue weighted by Crippen LogP contribution is -2.60. The van der Waals surface area contributed by atoms with Gasteiger partial charge in [-0.25, -0.2) is 0 Å². The molecule has 0 bridgehead atoms. The summed E-state index contributed by atoms with van der Waals surface area (Å²) in [5, 5.41) is 17.1. The molecule has 0 saturated carbocycles. The van der Waals surface area contributed by atoms with E-state index in [2.05, 4.69) is 36.9 Å². The second-order valence-corrected chi connectivity index (χ2v) is 16.6. The lowest BCUT2D eigenvalue weighted by atomic mass is 10.0. The Morgan fingerprint density at radius 1 is 0.507 bits per heavy atom. The van der Waals surface area contributed by atoms with Gasteiger partial charge in [0.05, 0.1) is 12.1 Å². The Labute approximate surface area is 391 Å². The second-order valence-electron chi connectivity index (χ2n) is 16.6. The molecule has 0 spiro atoms. The number of nitrogens with two attached hydrogens (primary N) is 6.